The van der Waals surface area contributed by atoms with E-state index in [1.807, 2.05) is 52.0 Å². The summed E-state index contributed by atoms with van der Waals surface area (Å²) in [5, 5.41) is 7.40. The zero-order valence-corrected chi connectivity index (χ0v) is 13.3. The van der Waals surface area contributed by atoms with Gasteiger partial charge in [0.1, 0.15) is 0 Å². The summed E-state index contributed by atoms with van der Waals surface area (Å²) in [6.07, 6.45) is 9.04. The first-order valence-corrected chi connectivity index (χ1v) is 8.14. The van der Waals surface area contributed by atoms with Crippen molar-refractivity contribution in [1.29, 1.82) is 0 Å². The molecule has 0 saturated heterocycles. The van der Waals surface area contributed by atoms with Crippen LogP contribution in [-0.4, -0.2) is 31.3 Å². The Balaban J connectivity index is 1.38. The van der Waals surface area contributed by atoms with E-state index < -0.39 is 0 Å². The lowest BCUT2D eigenvalue weighted by molar-refractivity contribution is 0.0930. The Morgan fingerprint density at radius 1 is 1.21 bits per heavy atom. The first-order chi connectivity index (χ1) is 11.8. The molecule has 0 spiro atoms. The number of nitrogens with one attached hydrogen (secondary N) is 1. The summed E-state index contributed by atoms with van der Waals surface area (Å²) in [6, 6.07) is 9.94. The second-order valence-corrected chi connectivity index (χ2v) is 6.14. The molecule has 1 amide bonds. The van der Waals surface area contributed by atoms with Gasteiger partial charge in [0.2, 0.25) is 0 Å². The van der Waals surface area contributed by atoms with Crippen LogP contribution < -0.4 is 5.32 Å². The molecule has 1 atom stereocenters. The van der Waals surface area contributed by atoms with Crippen LogP contribution in [0.4, 0.5) is 0 Å². The summed E-state index contributed by atoms with van der Waals surface area (Å²) in [7, 11) is 0. The number of carbonyl (C=O) groups is 1. The Hall–Kier alpha value is -2.89. The quantitative estimate of drug-likeness (QED) is 0.798. The van der Waals surface area contributed by atoms with E-state index in [1.165, 1.54) is 5.69 Å². The van der Waals surface area contributed by atoms with Gasteiger partial charge < -0.3 is 9.88 Å². The van der Waals surface area contributed by atoms with Crippen molar-refractivity contribution in [2.45, 2.75) is 32.0 Å². The number of hydrogen-bond donors (Lipinski definition) is 1. The highest BCUT2D eigenvalue weighted by molar-refractivity contribution is 5.94. The molecular weight excluding hydrogens is 302 g/mol. The summed E-state index contributed by atoms with van der Waals surface area (Å²) in [5.74, 6) is -0.0119. The van der Waals surface area contributed by atoms with E-state index in [-0.39, 0.29) is 11.9 Å². The van der Waals surface area contributed by atoms with E-state index in [4.69, 9.17) is 0 Å². The van der Waals surface area contributed by atoms with Crippen LogP contribution in [0.2, 0.25) is 0 Å². The fraction of sp³-hybridized carbons (Fsp3) is 0.278. The molecule has 122 valence electrons. The SMILES string of the molecule is O=C(N[C@H]1CCn2nccc2C1)c1ccc(Cn2ccnc2)cc1. The lowest BCUT2D eigenvalue weighted by Crippen LogP contribution is -2.40. The highest BCUT2D eigenvalue weighted by atomic mass is 16.1. The van der Waals surface area contributed by atoms with Crippen molar-refractivity contribution in [2.75, 3.05) is 0 Å². The third-order valence-corrected chi connectivity index (χ3v) is 4.43. The van der Waals surface area contributed by atoms with E-state index in [1.54, 1.807) is 12.5 Å². The van der Waals surface area contributed by atoms with Crippen molar-refractivity contribution < 1.29 is 4.79 Å². The number of carbonyl (C=O) groups excluding carboxylic acids is 1. The van der Waals surface area contributed by atoms with Gasteiger partial charge in [-0.2, -0.15) is 5.10 Å². The minimum Gasteiger partial charge on any atom is -0.349 e. The van der Waals surface area contributed by atoms with Gasteiger partial charge >= 0.3 is 0 Å². The van der Waals surface area contributed by atoms with Gasteiger partial charge in [-0.15, -0.1) is 0 Å². The molecule has 1 aliphatic heterocycles. The molecule has 3 heterocycles. The first-order valence-electron chi connectivity index (χ1n) is 8.14. The molecular formula is C18H19N5O. The molecule has 0 aliphatic carbocycles. The van der Waals surface area contributed by atoms with E-state index >= 15 is 0 Å². The average Bonchev–Trinajstić information content (AvgIpc) is 3.26. The highest BCUT2D eigenvalue weighted by Gasteiger charge is 2.20. The van der Waals surface area contributed by atoms with Gasteiger partial charge in [-0.25, -0.2) is 4.98 Å². The normalized spacial score (nSPS) is 16.6. The van der Waals surface area contributed by atoms with Crippen LogP contribution in [-0.2, 0) is 19.5 Å². The second-order valence-electron chi connectivity index (χ2n) is 6.14. The number of nitrogens with zero attached hydrogens (tertiary/aromatic N) is 4. The van der Waals surface area contributed by atoms with Gasteiger partial charge in [0.25, 0.3) is 5.91 Å². The first kappa shape index (κ1) is 14.7. The van der Waals surface area contributed by atoms with Gasteiger partial charge in [0, 0.05) is 55.4 Å². The zero-order valence-electron chi connectivity index (χ0n) is 13.3. The maximum atomic E-state index is 12.4. The number of fused-ring (bicyclic) bond motifs is 1. The van der Waals surface area contributed by atoms with Crippen molar-refractivity contribution in [3.63, 3.8) is 0 Å². The fourth-order valence-electron chi connectivity index (χ4n) is 3.11. The summed E-state index contributed by atoms with van der Waals surface area (Å²) in [6.45, 7) is 1.62. The summed E-state index contributed by atoms with van der Waals surface area (Å²) >= 11 is 0. The van der Waals surface area contributed by atoms with Crippen molar-refractivity contribution in [3.8, 4) is 0 Å². The lowest BCUT2D eigenvalue weighted by Gasteiger charge is -2.24. The van der Waals surface area contributed by atoms with Crippen LogP contribution >= 0.6 is 0 Å². The minimum atomic E-state index is -0.0119. The van der Waals surface area contributed by atoms with Crippen LogP contribution in [0, 0.1) is 0 Å². The van der Waals surface area contributed by atoms with E-state index in [0.29, 0.717) is 5.56 Å². The molecule has 0 unspecified atom stereocenters. The monoisotopic (exact) mass is 321 g/mol. The van der Waals surface area contributed by atoms with E-state index in [2.05, 4.69) is 15.4 Å². The molecule has 0 radical (unpaired) electrons. The van der Waals surface area contributed by atoms with Gasteiger partial charge in [-0.3, -0.25) is 9.48 Å². The number of aromatic nitrogens is 4. The molecule has 0 saturated carbocycles. The summed E-state index contributed by atoms with van der Waals surface area (Å²) < 4.78 is 4.01. The zero-order chi connectivity index (χ0) is 16.4. The number of aryl methyl sites for hydroxylation is 1. The van der Waals surface area contributed by atoms with Gasteiger partial charge in [-0.1, -0.05) is 12.1 Å². The van der Waals surface area contributed by atoms with Crippen molar-refractivity contribution >= 4 is 5.91 Å². The Morgan fingerprint density at radius 2 is 2.08 bits per heavy atom. The number of rotatable bonds is 4. The van der Waals surface area contributed by atoms with E-state index in [0.717, 1.165) is 31.5 Å². The molecule has 4 rings (SSSR count). The summed E-state index contributed by atoms with van der Waals surface area (Å²) in [4.78, 5) is 16.5. The van der Waals surface area contributed by atoms with Gasteiger partial charge in [0.05, 0.1) is 6.33 Å². The number of benzene rings is 1. The summed E-state index contributed by atoms with van der Waals surface area (Å²) in [5.41, 5.74) is 3.02. The lowest BCUT2D eigenvalue weighted by atomic mass is 10.0. The predicted octanol–water partition coefficient (Wildman–Crippen LogP) is 1.87. The van der Waals surface area contributed by atoms with Crippen LogP contribution in [0.15, 0.2) is 55.2 Å². The van der Waals surface area contributed by atoms with Gasteiger partial charge in [-0.05, 0) is 30.2 Å². The molecule has 0 fully saturated rings. The molecule has 1 N–H and O–H groups in total. The minimum absolute atomic E-state index is 0.0119. The van der Waals surface area contributed by atoms with Crippen LogP contribution in [0.25, 0.3) is 0 Å². The molecule has 6 nitrogen and oxygen atoms in total. The predicted molar refractivity (Wildman–Crippen MR) is 89.6 cm³/mol. The number of hydrogen-bond acceptors (Lipinski definition) is 3. The molecule has 1 aromatic carbocycles. The molecule has 6 heteroatoms. The molecule has 1 aliphatic rings. The molecule has 0 bridgehead atoms. The third-order valence-electron chi connectivity index (χ3n) is 4.43. The molecule has 24 heavy (non-hydrogen) atoms. The Labute approximate surface area is 140 Å². The van der Waals surface area contributed by atoms with Crippen molar-refractivity contribution in [1.82, 2.24) is 24.6 Å². The second kappa shape index (κ2) is 6.31. The van der Waals surface area contributed by atoms with Gasteiger partial charge in [0.15, 0.2) is 0 Å². The fourth-order valence-corrected chi connectivity index (χ4v) is 3.11. The Bertz CT molecular complexity index is 819. The number of imidazole rings is 1. The maximum absolute atomic E-state index is 12.4. The molecule has 2 aromatic heterocycles. The van der Waals surface area contributed by atoms with Crippen molar-refractivity contribution in [3.05, 3.63) is 72.1 Å². The largest absolute Gasteiger partial charge is 0.349 e. The highest BCUT2D eigenvalue weighted by Crippen LogP contribution is 2.14. The third kappa shape index (κ3) is 3.08. The maximum Gasteiger partial charge on any atom is 0.251 e. The van der Waals surface area contributed by atoms with Crippen LogP contribution in [0.5, 0.6) is 0 Å². The Kier molecular flexibility index (Phi) is 3.86. The smallest absolute Gasteiger partial charge is 0.251 e. The van der Waals surface area contributed by atoms with E-state index in [9.17, 15) is 4.79 Å². The standard InChI is InChI=1S/C18H19N5O/c24-18(21-16-6-9-23-17(11-16)5-7-20-23)15-3-1-14(2-4-15)12-22-10-8-19-13-22/h1-5,7-8,10,13,16H,6,9,11-12H2,(H,21,24)/t16-/m0/s1. The topological polar surface area (TPSA) is 64.7 Å². The molecule has 3 aromatic rings. The Morgan fingerprint density at radius 3 is 2.88 bits per heavy atom. The van der Waals surface area contributed by atoms with Crippen molar-refractivity contribution in [2.24, 2.45) is 0 Å². The average molecular weight is 321 g/mol. The van der Waals surface area contributed by atoms with Crippen LogP contribution in [0.1, 0.15) is 28.0 Å². The number of amides is 1. The van der Waals surface area contributed by atoms with Crippen LogP contribution in [0.3, 0.4) is 0 Å².